The highest BCUT2D eigenvalue weighted by atomic mass is 32.2. The molecule has 2 rings (SSSR count). The van der Waals surface area contributed by atoms with E-state index in [1.54, 1.807) is 31.4 Å². The molecule has 0 aliphatic carbocycles. The topological polar surface area (TPSA) is 93.7 Å². The van der Waals surface area contributed by atoms with Gasteiger partial charge in [0.15, 0.2) is 0 Å². The van der Waals surface area contributed by atoms with E-state index in [1.807, 2.05) is 6.07 Å². The largest absolute Gasteiger partial charge is 0.497 e. The summed E-state index contributed by atoms with van der Waals surface area (Å²) in [6.45, 7) is 2.95. The maximum Gasteiger partial charge on any atom is 0.265 e. The maximum atomic E-state index is 12.6. The van der Waals surface area contributed by atoms with Crippen LogP contribution in [0.1, 0.15) is 34.3 Å². The summed E-state index contributed by atoms with van der Waals surface area (Å²) in [5.41, 5.74) is 0.550. The van der Waals surface area contributed by atoms with Crippen molar-refractivity contribution in [3.8, 4) is 11.5 Å². The van der Waals surface area contributed by atoms with Crippen LogP contribution in [0, 0.1) is 0 Å². The van der Waals surface area contributed by atoms with Gasteiger partial charge in [-0.05, 0) is 37.1 Å². The molecule has 1 aromatic carbocycles. The fraction of sp³-hybridized carbons (Fsp3) is 0.421. The fourth-order valence-corrected chi connectivity index (χ4v) is 3.74. The van der Waals surface area contributed by atoms with Gasteiger partial charge in [0.2, 0.25) is 10.0 Å². The summed E-state index contributed by atoms with van der Waals surface area (Å²) < 4.78 is 35.7. The van der Waals surface area contributed by atoms with Crippen molar-refractivity contribution in [1.82, 2.24) is 4.72 Å². The minimum Gasteiger partial charge on any atom is -0.497 e. The van der Waals surface area contributed by atoms with Crippen molar-refractivity contribution < 1.29 is 22.7 Å². The highest BCUT2D eigenvalue weighted by Crippen LogP contribution is 2.30. The fourth-order valence-electron chi connectivity index (χ4n) is 2.36. The molecular weight excluding hydrogens is 400 g/mol. The third kappa shape index (κ3) is 7.14. The quantitative estimate of drug-likeness (QED) is 0.538. The van der Waals surface area contributed by atoms with E-state index in [0.29, 0.717) is 41.6 Å². The van der Waals surface area contributed by atoms with Crippen LogP contribution in [0.25, 0.3) is 0 Å². The minimum absolute atomic E-state index is 0.249. The number of amides is 1. The lowest BCUT2D eigenvalue weighted by Crippen LogP contribution is -2.24. The highest BCUT2D eigenvalue weighted by molar-refractivity contribution is 7.88. The number of sulfonamides is 1. The van der Waals surface area contributed by atoms with Gasteiger partial charge in [0.1, 0.15) is 11.5 Å². The van der Waals surface area contributed by atoms with Crippen molar-refractivity contribution in [3.05, 3.63) is 40.1 Å². The zero-order valence-corrected chi connectivity index (χ0v) is 17.9. The lowest BCUT2D eigenvalue weighted by Gasteiger charge is -2.13. The number of rotatable bonds is 11. The predicted molar refractivity (Wildman–Crippen MR) is 112 cm³/mol. The zero-order chi connectivity index (χ0) is 20.6. The van der Waals surface area contributed by atoms with Crippen LogP contribution in [0.15, 0.2) is 30.3 Å². The third-order valence-corrected chi connectivity index (χ3v) is 5.68. The lowest BCUT2D eigenvalue weighted by molar-refractivity contribution is 0.103. The van der Waals surface area contributed by atoms with Gasteiger partial charge in [0, 0.05) is 17.5 Å². The number of hydrogen-bond donors (Lipinski definition) is 2. The number of methoxy groups -OCH3 is 1. The number of anilines is 1. The van der Waals surface area contributed by atoms with E-state index in [0.717, 1.165) is 24.0 Å². The van der Waals surface area contributed by atoms with Gasteiger partial charge in [-0.15, -0.1) is 11.3 Å². The molecule has 0 saturated carbocycles. The first-order valence-corrected chi connectivity index (χ1v) is 11.7. The van der Waals surface area contributed by atoms with Crippen LogP contribution >= 0.6 is 11.3 Å². The smallest absolute Gasteiger partial charge is 0.265 e. The Morgan fingerprint density at radius 2 is 2.00 bits per heavy atom. The summed E-state index contributed by atoms with van der Waals surface area (Å²) >= 11 is 1.33. The van der Waals surface area contributed by atoms with Gasteiger partial charge < -0.3 is 14.8 Å². The third-order valence-electron chi connectivity index (χ3n) is 3.81. The molecule has 0 unspecified atom stereocenters. The summed E-state index contributed by atoms with van der Waals surface area (Å²) in [5, 5.41) is 2.88. The normalized spacial score (nSPS) is 11.2. The molecule has 1 aromatic heterocycles. The second kappa shape index (κ2) is 10.4. The number of carbonyl (C=O) groups is 1. The molecule has 154 valence electrons. The van der Waals surface area contributed by atoms with Crippen molar-refractivity contribution in [2.24, 2.45) is 0 Å². The van der Waals surface area contributed by atoms with Crippen LogP contribution < -0.4 is 19.5 Å². The van der Waals surface area contributed by atoms with Crippen molar-refractivity contribution in [2.75, 3.05) is 31.8 Å². The van der Waals surface area contributed by atoms with Gasteiger partial charge in [0.05, 0.1) is 30.5 Å². The second-order valence-corrected chi connectivity index (χ2v) is 9.20. The monoisotopic (exact) mass is 426 g/mol. The number of ether oxygens (including phenoxy) is 2. The van der Waals surface area contributed by atoms with Crippen LogP contribution in [0.4, 0.5) is 5.69 Å². The summed E-state index contributed by atoms with van der Waals surface area (Å²) in [4.78, 5) is 14.1. The highest BCUT2D eigenvalue weighted by Gasteiger charge is 2.14. The Hall–Kier alpha value is -2.10. The zero-order valence-electron chi connectivity index (χ0n) is 16.3. The molecule has 0 radical (unpaired) electrons. The van der Waals surface area contributed by atoms with Gasteiger partial charge in [-0.1, -0.05) is 13.3 Å². The van der Waals surface area contributed by atoms with Gasteiger partial charge in [-0.25, -0.2) is 13.1 Å². The van der Waals surface area contributed by atoms with Crippen LogP contribution in [-0.2, 0) is 16.4 Å². The van der Waals surface area contributed by atoms with Gasteiger partial charge >= 0.3 is 0 Å². The van der Waals surface area contributed by atoms with Gasteiger partial charge in [-0.2, -0.15) is 0 Å². The first kappa shape index (κ1) is 22.2. The Morgan fingerprint density at radius 1 is 1.21 bits per heavy atom. The van der Waals surface area contributed by atoms with E-state index in [-0.39, 0.29) is 5.91 Å². The number of carbonyl (C=O) groups excluding carboxylic acids is 1. The molecule has 0 bridgehead atoms. The number of thiophene rings is 1. The molecule has 0 aliphatic rings. The molecule has 0 aliphatic heterocycles. The second-order valence-electron chi connectivity index (χ2n) is 6.20. The van der Waals surface area contributed by atoms with E-state index >= 15 is 0 Å². The molecule has 7 nitrogen and oxygen atoms in total. The molecule has 0 spiro atoms. The van der Waals surface area contributed by atoms with Crippen molar-refractivity contribution >= 4 is 33.0 Å². The van der Waals surface area contributed by atoms with Gasteiger partial charge in [0.25, 0.3) is 5.91 Å². The van der Waals surface area contributed by atoms with E-state index in [9.17, 15) is 13.2 Å². The molecule has 1 heterocycles. The predicted octanol–water partition coefficient (Wildman–Crippen LogP) is 3.28. The number of nitrogens with one attached hydrogen (secondary N) is 2. The summed E-state index contributed by atoms with van der Waals surface area (Å²) in [6, 6.07) is 8.85. The standard InChI is InChI=1S/C19H26N2O5S2/c1-4-5-12-26-17-8-6-14(25-2)13-16(17)21-19(22)18-9-7-15(27-18)10-11-20-28(3,23)24/h6-9,13,20H,4-5,10-12H2,1-3H3,(H,21,22). The molecule has 28 heavy (non-hydrogen) atoms. The van der Waals surface area contributed by atoms with E-state index < -0.39 is 10.0 Å². The number of hydrogen-bond acceptors (Lipinski definition) is 6. The van der Waals surface area contributed by atoms with Crippen molar-refractivity contribution in [3.63, 3.8) is 0 Å². The van der Waals surface area contributed by atoms with E-state index in [4.69, 9.17) is 9.47 Å². The molecule has 0 atom stereocenters. The first-order valence-electron chi connectivity index (χ1n) is 8.98. The molecule has 1 amide bonds. The molecule has 0 saturated heterocycles. The number of unbranched alkanes of at least 4 members (excludes halogenated alkanes) is 1. The molecule has 0 fully saturated rings. The Morgan fingerprint density at radius 3 is 2.68 bits per heavy atom. The van der Waals surface area contributed by atoms with Crippen LogP contribution in [0.5, 0.6) is 11.5 Å². The Balaban J connectivity index is 2.05. The van der Waals surface area contributed by atoms with Crippen LogP contribution in [-0.4, -0.2) is 40.8 Å². The summed E-state index contributed by atoms with van der Waals surface area (Å²) in [7, 11) is -1.65. The molecular formula is C19H26N2O5S2. The van der Waals surface area contributed by atoms with Crippen molar-refractivity contribution in [1.29, 1.82) is 0 Å². The average Bonchev–Trinajstić information content (AvgIpc) is 3.11. The summed E-state index contributed by atoms with van der Waals surface area (Å²) in [5.74, 6) is 0.967. The van der Waals surface area contributed by atoms with Crippen molar-refractivity contribution in [2.45, 2.75) is 26.2 Å². The Bertz CT molecular complexity index is 893. The SMILES string of the molecule is CCCCOc1ccc(OC)cc1NC(=O)c1ccc(CCNS(C)(=O)=O)s1. The summed E-state index contributed by atoms with van der Waals surface area (Å²) in [6.07, 6.45) is 3.59. The van der Waals surface area contributed by atoms with E-state index in [1.165, 1.54) is 11.3 Å². The lowest BCUT2D eigenvalue weighted by atomic mass is 10.2. The number of benzene rings is 1. The molecule has 2 aromatic rings. The van der Waals surface area contributed by atoms with E-state index in [2.05, 4.69) is 17.0 Å². The molecule has 2 N–H and O–H groups in total. The van der Waals surface area contributed by atoms with Crippen LogP contribution in [0.3, 0.4) is 0 Å². The Labute approximate surface area is 170 Å². The minimum atomic E-state index is -3.22. The first-order chi connectivity index (χ1) is 13.3. The average molecular weight is 427 g/mol. The molecule has 9 heteroatoms. The van der Waals surface area contributed by atoms with Gasteiger partial charge in [-0.3, -0.25) is 4.79 Å². The Kier molecular flexibility index (Phi) is 8.28. The van der Waals surface area contributed by atoms with Crippen LogP contribution in [0.2, 0.25) is 0 Å². The maximum absolute atomic E-state index is 12.6.